The molecule has 22 heteroatoms. The summed E-state index contributed by atoms with van der Waals surface area (Å²) in [4.78, 5) is 54.1. The highest BCUT2D eigenvalue weighted by molar-refractivity contribution is 5.76. The lowest BCUT2D eigenvalue weighted by Gasteiger charge is -2.19. The molecule has 0 aliphatic carbocycles. The highest BCUT2D eigenvalue weighted by Crippen LogP contribution is 2.15. The molecule has 0 spiro atoms. The number of carbonyl (C=O) groups excluding carboxylic acids is 3. The number of nitrogens with two attached hydrogens (primary N) is 2. The third-order valence-electron chi connectivity index (χ3n) is 10.1. The fourth-order valence-corrected chi connectivity index (χ4v) is 7.03. The Morgan fingerprint density at radius 1 is 0.538 bits per heavy atom. The molecule has 420 valence electrons. The van der Waals surface area contributed by atoms with Crippen molar-refractivity contribution < 1.29 is 28.6 Å². The number of nitrogens with one attached hydrogen (secondary N) is 2. The molecule has 7 rings (SSSR count). The van der Waals surface area contributed by atoms with Crippen molar-refractivity contribution in [1.82, 2.24) is 54.5 Å². The highest BCUT2D eigenvalue weighted by atomic mass is 16.6. The molecule has 0 aliphatic heterocycles. The van der Waals surface area contributed by atoms with Gasteiger partial charge in [0, 0.05) is 44.4 Å². The SMILES string of the molecule is Cc1cc(CCC(=O)OC(C)(C)C)n(/N=C/c2ccccn2)n1.Cc1cc(CCC(=O)OC(C)(C)C)n(N)n1.Cc1cc(CCC(=O)OC(C)(C)C)n(NCc2ccccn2)n1.Cc1cc(CN)n(NCc2ccccn2)n1. The number of aromatic nitrogens is 11. The van der Waals surface area contributed by atoms with Gasteiger partial charge in [0.25, 0.3) is 0 Å². The maximum absolute atomic E-state index is 11.8. The van der Waals surface area contributed by atoms with Gasteiger partial charge in [-0.15, -0.1) is 0 Å². The Labute approximate surface area is 458 Å². The molecule has 0 aromatic carbocycles. The lowest BCUT2D eigenvalue weighted by Crippen LogP contribution is -2.24. The molecular formula is C56H80N16O6. The molecule has 7 heterocycles. The molecule has 7 aromatic rings. The van der Waals surface area contributed by atoms with E-state index in [9.17, 15) is 14.4 Å². The van der Waals surface area contributed by atoms with Crippen LogP contribution in [0.2, 0.25) is 0 Å². The molecule has 0 saturated carbocycles. The minimum Gasteiger partial charge on any atom is -0.460 e. The summed E-state index contributed by atoms with van der Waals surface area (Å²) in [5.41, 5.74) is 20.5. The number of carbonyl (C=O) groups is 3. The number of hydrogen-bond donors (Lipinski definition) is 4. The van der Waals surface area contributed by atoms with E-state index >= 15 is 0 Å². The number of pyridine rings is 3. The zero-order valence-electron chi connectivity index (χ0n) is 47.6. The van der Waals surface area contributed by atoms with Crippen molar-refractivity contribution >= 4 is 24.1 Å². The van der Waals surface area contributed by atoms with E-state index < -0.39 is 16.8 Å². The van der Waals surface area contributed by atoms with Gasteiger partial charge in [-0.1, -0.05) is 18.2 Å². The quantitative estimate of drug-likeness (QED) is 0.0284. The van der Waals surface area contributed by atoms with Gasteiger partial charge in [0.15, 0.2) is 0 Å². The van der Waals surface area contributed by atoms with Crippen LogP contribution in [0.1, 0.15) is 144 Å². The Balaban J connectivity index is 0.000000228. The smallest absolute Gasteiger partial charge is 0.306 e. The van der Waals surface area contributed by atoms with E-state index in [0.29, 0.717) is 58.2 Å². The van der Waals surface area contributed by atoms with Crippen LogP contribution in [-0.2, 0) is 67.5 Å². The monoisotopic (exact) mass is 1070 g/mol. The first-order valence-electron chi connectivity index (χ1n) is 25.8. The van der Waals surface area contributed by atoms with Gasteiger partial charge in [0.05, 0.1) is 101 Å². The maximum Gasteiger partial charge on any atom is 0.306 e. The minimum absolute atomic E-state index is 0.201. The lowest BCUT2D eigenvalue weighted by atomic mass is 10.2. The summed E-state index contributed by atoms with van der Waals surface area (Å²) in [5, 5.41) is 21.3. The number of aryl methyl sites for hydroxylation is 7. The molecule has 7 aromatic heterocycles. The van der Waals surface area contributed by atoms with Gasteiger partial charge >= 0.3 is 17.9 Å². The minimum atomic E-state index is -0.468. The summed E-state index contributed by atoms with van der Waals surface area (Å²) >= 11 is 0. The first-order chi connectivity index (χ1) is 36.7. The van der Waals surface area contributed by atoms with Crippen molar-refractivity contribution in [1.29, 1.82) is 0 Å². The summed E-state index contributed by atoms with van der Waals surface area (Å²) in [6.07, 6.45) is 9.47. The predicted molar refractivity (Wildman–Crippen MR) is 300 cm³/mol. The molecule has 0 amide bonds. The summed E-state index contributed by atoms with van der Waals surface area (Å²) in [6, 6.07) is 24.9. The Morgan fingerprint density at radius 3 is 1.36 bits per heavy atom. The van der Waals surface area contributed by atoms with Gasteiger partial charge in [-0.2, -0.15) is 44.7 Å². The molecule has 0 radical (unpaired) electrons. The average molecular weight is 1070 g/mol. The van der Waals surface area contributed by atoms with Crippen molar-refractivity contribution in [3.8, 4) is 0 Å². The van der Waals surface area contributed by atoms with Gasteiger partial charge in [0.2, 0.25) is 0 Å². The molecule has 78 heavy (non-hydrogen) atoms. The molecular weight excluding hydrogens is 993 g/mol. The number of esters is 3. The molecule has 0 aliphatic rings. The first kappa shape index (κ1) is 62.3. The van der Waals surface area contributed by atoms with Crippen LogP contribution in [0.4, 0.5) is 0 Å². The summed E-state index contributed by atoms with van der Waals surface area (Å²) in [7, 11) is 0. The standard InChI is InChI=1S/C17H24N4O2.C17H22N4O2.C11H15N5.C11H19N3O2/c2*1-13-11-15(8-9-16(22)23-17(2,3)4)21(20-13)19-12-14-7-5-6-10-18-14;1-9-6-11(7-12)16(15-9)14-8-10-4-2-3-5-13-10;1-8-7-9(14(12)13-8)5-6-10(15)16-11(2,3)4/h5-7,10-11,19H,8-9,12H2,1-4H3;5-7,10-12H,8-9H2,1-4H3;2-6,14H,7-8,12H2,1H3;7H,5-6,12H2,1-4H3/b;19-12+;;. The second-order valence-corrected chi connectivity index (χ2v) is 21.0. The number of nitrogens with zero attached hydrogens (tertiary/aromatic N) is 12. The number of ether oxygens (including phenoxy) is 3. The average Bonchev–Trinajstić information content (AvgIpc) is 4.12. The summed E-state index contributed by atoms with van der Waals surface area (Å²) in [5.74, 6) is 4.97. The van der Waals surface area contributed by atoms with Gasteiger partial charge in [0.1, 0.15) is 16.8 Å². The van der Waals surface area contributed by atoms with E-state index in [1.807, 2.05) is 169 Å². The van der Waals surface area contributed by atoms with Gasteiger partial charge < -0.3 is 36.6 Å². The highest BCUT2D eigenvalue weighted by Gasteiger charge is 2.20. The van der Waals surface area contributed by atoms with Gasteiger partial charge in [-0.3, -0.25) is 29.3 Å². The Morgan fingerprint density at radius 2 is 0.936 bits per heavy atom. The third kappa shape index (κ3) is 24.6. The molecule has 0 fully saturated rings. The van der Waals surface area contributed by atoms with Crippen LogP contribution in [-0.4, -0.2) is 95.4 Å². The van der Waals surface area contributed by atoms with Crippen molar-refractivity contribution in [3.63, 3.8) is 0 Å². The normalized spacial score (nSPS) is 11.3. The van der Waals surface area contributed by atoms with Crippen molar-refractivity contribution in [2.45, 2.75) is 165 Å². The Bertz CT molecular complexity index is 2950. The van der Waals surface area contributed by atoms with Crippen LogP contribution in [0.25, 0.3) is 0 Å². The van der Waals surface area contributed by atoms with Crippen LogP contribution in [0.15, 0.2) is 103 Å². The fourth-order valence-electron chi connectivity index (χ4n) is 7.03. The second kappa shape index (κ2) is 29.9. The summed E-state index contributed by atoms with van der Waals surface area (Å²) < 4.78 is 15.9. The van der Waals surface area contributed by atoms with Crippen LogP contribution >= 0.6 is 0 Å². The van der Waals surface area contributed by atoms with Crippen molar-refractivity contribution in [2.75, 3.05) is 16.7 Å². The topological polar surface area (TPSA) is 277 Å². The third-order valence-corrected chi connectivity index (χ3v) is 10.1. The van der Waals surface area contributed by atoms with E-state index in [1.54, 1.807) is 34.4 Å². The van der Waals surface area contributed by atoms with Crippen molar-refractivity contribution in [3.05, 3.63) is 160 Å². The largest absolute Gasteiger partial charge is 0.460 e. The van der Waals surface area contributed by atoms with Gasteiger partial charge in [-0.25, -0.2) is 0 Å². The molecule has 0 saturated heterocycles. The van der Waals surface area contributed by atoms with Crippen LogP contribution < -0.4 is 22.4 Å². The molecule has 0 unspecified atom stereocenters. The van der Waals surface area contributed by atoms with Crippen LogP contribution in [0.5, 0.6) is 0 Å². The predicted octanol–water partition coefficient (Wildman–Crippen LogP) is 7.32. The van der Waals surface area contributed by atoms with E-state index in [4.69, 9.17) is 25.8 Å². The Hall–Kier alpha value is -8.27. The van der Waals surface area contributed by atoms with E-state index in [-0.39, 0.29) is 17.9 Å². The van der Waals surface area contributed by atoms with Crippen molar-refractivity contribution in [2.24, 2.45) is 10.8 Å². The van der Waals surface area contributed by atoms with Gasteiger partial charge in [-0.05, 0) is 151 Å². The summed E-state index contributed by atoms with van der Waals surface area (Å²) in [6.45, 7) is 26.0. The van der Waals surface area contributed by atoms with E-state index in [0.717, 1.165) is 62.6 Å². The fraction of sp³-hybridized carbons (Fsp3) is 0.446. The Kier molecular flexibility index (Phi) is 23.9. The van der Waals surface area contributed by atoms with E-state index in [1.165, 1.54) is 9.58 Å². The number of nitrogen functional groups attached to an aromatic ring is 1. The van der Waals surface area contributed by atoms with E-state index in [2.05, 4.69) is 51.3 Å². The number of rotatable bonds is 18. The molecule has 0 atom stereocenters. The number of hydrogen-bond acceptors (Lipinski definition) is 18. The zero-order valence-corrected chi connectivity index (χ0v) is 47.6. The molecule has 0 bridgehead atoms. The van der Waals surface area contributed by atoms with Crippen LogP contribution in [0, 0.1) is 27.7 Å². The molecule has 22 nitrogen and oxygen atoms in total. The lowest BCUT2D eigenvalue weighted by molar-refractivity contribution is -0.155. The zero-order chi connectivity index (χ0) is 57.5. The molecule has 6 N–H and O–H groups in total. The van der Waals surface area contributed by atoms with Crippen LogP contribution in [0.3, 0.4) is 0 Å². The maximum atomic E-state index is 11.8. The first-order valence-corrected chi connectivity index (χ1v) is 25.8. The second-order valence-electron chi connectivity index (χ2n) is 21.0.